The molecule has 25 heavy (non-hydrogen) atoms. The third kappa shape index (κ3) is 3.42. The molecule has 2 aromatic carbocycles. The summed E-state index contributed by atoms with van der Waals surface area (Å²) >= 11 is 6.10. The van der Waals surface area contributed by atoms with E-state index in [1.165, 1.54) is 5.56 Å². The number of aromatic nitrogens is 1. The maximum Gasteiger partial charge on any atom is 0.155 e. The third-order valence-electron chi connectivity index (χ3n) is 4.48. The Bertz CT molecular complexity index is 904. The van der Waals surface area contributed by atoms with Crippen LogP contribution in [0.2, 0.25) is 5.02 Å². The number of rotatable bonds is 5. The topological polar surface area (TPSA) is 48.5 Å². The Morgan fingerprint density at radius 1 is 1.20 bits per heavy atom. The number of aromatic amines is 1. The zero-order valence-corrected chi connectivity index (χ0v) is 14.4. The zero-order valence-electron chi connectivity index (χ0n) is 13.7. The maximum atomic E-state index is 10.4. The van der Waals surface area contributed by atoms with Gasteiger partial charge in [0, 0.05) is 28.7 Å². The molecule has 3 aromatic rings. The first-order chi connectivity index (χ1) is 12.2. The summed E-state index contributed by atoms with van der Waals surface area (Å²) in [4.78, 5) is 9.09. The van der Waals surface area contributed by atoms with E-state index in [1.54, 1.807) is 0 Å². The smallest absolute Gasteiger partial charge is 0.155 e. The van der Waals surface area contributed by atoms with Crippen molar-refractivity contribution >= 4 is 22.5 Å². The van der Waals surface area contributed by atoms with Crippen LogP contribution in [0, 0.1) is 0 Å². The van der Waals surface area contributed by atoms with Crippen molar-refractivity contribution in [1.29, 1.82) is 0 Å². The predicted molar refractivity (Wildman–Crippen MR) is 99.2 cm³/mol. The highest BCUT2D eigenvalue weighted by Crippen LogP contribution is 2.27. The summed E-state index contributed by atoms with van der Waals surface area (Å²) in [6.07, 6.45) is 4.06. The fourth-order valence-electron chi connectivity index (χ4n) is 3.12. The monoisotopic (exact) mass is 354 g/mol. The average Bonchev–Trinajstić information content (AvgIpc) is 3.27. The summed E-state index contributed by atoms with van der Waals surface area (Å²) in [6.45, 7) is 1.41. The van der Waals surface area contributed by atoms with Gasteiger partial charge in [0.15, 0.2) is 5.76 Å². The number of fused-ring (bicyclic) bond motifs is 1. The van der Waals surface area contributed by atoms with Gasteiger partial charge in [-0.1, -0.05) is 41.9 Å². The van der Waals surface area contributed by atoms with E-state index in [9.17, 15) is 5.11 Å². The van der Waals surface area contributed by atoms with Crippen LogP contribution in [0.15, 0.2) is 66.6 Å². The predicted octanol–water partition coefficient (Wildman–Crippen LogP) is 4.23. The van der Waals surface area contributed by atoms with Gasteiger partial charge in [-0.3, -0.25) is 0 Å². The van der Waals surface area contributed by atoms with Crippen molar-refractivity contribution in [3.05, 3.63) is 82.7 Å². The second kappa shape index (κ2) is 6.92. The number of hydrogen-bond donors (Lipinski definition) is 2. The molecular formula is C20H19ClN2O2. The lowest BCUT2D eigenvalue weighted by Gasteiger charge is -2.18. The molecule has 0 bridgehead atoms. The van der Waals surface area contributed by atoms with Gasteiger partial charge in [0.1, 0.15) is 6.10 Å². The molecule has 0 amide bonds. The van der Waals surface area contributed by atoms with Gasteiger partial charge in [-0.05, 0) is 41.8 Å². The molecule has 0 spiro atoms. The summed E-state index contributed by atoms with van der Waals surface area (Å²) in [6, 6.07) is 15.4. The molecule has 2 N–H and O–H groups in total. The fourth-order valence-corrected chi connectivity index (χ4v) is 3.29. The molecule has 4 rings (SSSR count). The second-order valence-electron chi connectivity index (χ2n) is 6.15. The van der Waals surface area contributed by atoms with Crippen LogP contribution in [0.3, 0.4) is 0 Å². The van der Waals surface area contributed by atoms with Gasteiger partial charge in [0.05, 0.1) is 6.54 Å². The number of benzene rings is 2. The Hall–Kier alpha value is -2.27. The standard InChI is InChI=1S/C20H19ClN2O2/c21-16-6-7-18-17(12-16)15(13-22-18)8-10-23-11-9-19(25-23)20(24)14-4-2-1-3-5-14/h1-7,9,12-13,20,22,24H,8,10-11H2. The van der Waals surface area contributed by atoms with Crippen LogP contribution in [0.1, 0.15) is 17.2 Å². The van der Waals surface area contributed by atoms with E-state index in [-0.39, 0.29) is 0 Å². The number of nitrogens with zero attached hydrogens (tertiary/aromatic N) is 1. The van der Waals surface area contributed by atoms with Gasteiger partial charge in [0.2, 0.25) is 0 Å². The van der Waals surface area contributed by atoms with Gasteiger partial charge in [-0.25, -0.2) is 0 Å². The number of halogens is 1. The molecule has 128 valence electrons. The largest absolute Gasteiger partial charge is 0.407 e. The highest BCUT2D eigenvalue weighted by molar-refractivity contribution is 6.31. The van der Waals surface area contributed by atoms with E-state index in [0.29, 0.717) is 12.3 Å². The molecule has 4 nitrogen and oxygen atoms in total. The molecule has 1 aromatic heterocycles. The number of aliphatic hydroxyl groups is 1. The van der Waals surface area contributed by atoms with E-state index >= 15 is 0 Å². The van der Waals surface area contributed by atoms with E-state index in [0.717, 1.165) is 34.5 Å². The summed E-state index contributed by atoms with van der Waals surface area (Å²) in [5.41, 5.74) is 3.13. The summed E-state index contributed by atoms with van der Waals surface area (Å²) < 4.78 is 0. The van der Waals surface area contributed by atoms with Crippen LogP contribution < -0.4 is 0 Å². The van der Waals surface area contributed by atoms with Crippen molar-refractivity contribution in [1.82, 2.24) is 10.0 Å². The van der Waals surface area contributed by atoms with Crippen LogP contribution in [-0.4, -0.2) is 28.2 Å². The first-order valence-corrected chi connectivity index (χ1v) is 8.70. The van der Waals surface area contributed by atoms with Gasteiger partial charge in [0.25, 0.3) is 0 Å². The molecule has 0 aliphatic carbocycles. The quantitative estimate of drug-likeness (QED) is 0.721. The Labute approximate surface area is 151 Å². The Morgan fingerprint density at radius 3 is 2.88 bits per heavy atom. The Balaban J connectivity index is 1.38. The van der Waals surface area contributed by atoms with Crippen molar-refractivity contribution in [2.45, 2.75) is 12.5 Å². The first-order valence-electron chi connectivity index (χ1n) is 8.32. The van der Waals surface area contributed by atoms with E-state index in [2.05, 4.69) is 4.98 Å². The molecule has 5 heteroatoms. The normalized spacial score (nSPS) is 16.0. The maximum absolute atomic E-state index is 10.4. The lowest BCUT2D eigenvalue weighted by atomic mass is 10.1. The van der Waals surface area contributed by atoms with Crippen molar-refractivity contribution in [3.8, 4) is 0 Å². The molecule has 0 radical (unpaired) electrons. The van der Waals surface area contributed by atoms with E-state index in [1.807, 2.05) is 65.9 Å². The highest BCUT2D eigenvalue weighted by Gasteiger charge is 2.23. The van der Waals surface area contributed by atoms with Crippen LogP contribution in [0.4, 0.5) is 0 Å². The van der Waals surface area contributed by atoms with Crippen LogP contribution in [0.5, 0.6) is 0 Å². The molecule has 0 fully saturated rings. The number of aliphatic hydroxyl groups excluding tert-OH is 1. The third-order valence-corrected chi connectivity index (χ3v) is 4.71. The second-order valence-corrected chi connectivity index (χ2v) is 6.59. The van der Waals surface area contributed by atoms with Crippen LogP contribution >= 0.6 is 11.6 Å². The molecule has 1 atom stereocenters. The molecule has 0 saturated carbocycles. The van der Waals surface area contributed by atoms with Gasteiger partial charge < -0.3 is 14.9 Å². The highest BCUT2D eigenvalue weighted by atomic mass is 35.5. The summed E-state index contributed by atoms with van der Waals surface area (Å²) in [7, 11) is 0. The van der Waals surface area contributed by atoms with Crippen molar-refractivity contribution in [2.75, 3.05) is 13.1 Å². The average molecular weight is 355 g/mol. The first kappa shape index (κ1) is 16.2. The van der Waals surface area contributed by atoms with E-state index < -0.39 is 6.10 Å². The van der Waals surface area contributed by atoms with E-state index in [4.69, 9.17) is 16.4 Å². The number of hydroxylamine groups is 2. The van der Waals surface area contributed by atoms with Crippen molar-refractivity contribution < 1.29 is 9.94 Å². The molecule has 2 heterocycles. The molecule has 1 aliphatic heterocycles. The van der Waals surface area contributed by atoms with Gasteiger partial charge in [-0.15, -0.1) is 5.06 Å². The molecule has 1 aliphatic rings. The molecule has 0 saturated heterocycles. The van der Waals surface area contributed by atoms with Gasteiger partial charge >= 0.3 is 0 Å². The van der Waals surface area contributed by atoms with Gasteiger partial charge in [-0.2, -0.15) is 0 Å². The lowest BCUT2D eigenvalue weighted by Crippen LogP contribution is -2.22. The summed E-state index contributed by atoms with van der Waals surface area (Å²) in [5, 5.41) is 14.2. The van der Waals surface area contributed by atoms with Crippen molar-refractivity contribution in [2.24, 2.45) is 0 Å². The summed E-state index contributed by atoms with van der Waals surface area (Å²) in [5.74, 6) is 0.591. The number of hydrogen-bond acceptors (Lipinski definition) is 3. The molecule has 1 unspecified atom stereocenters. The number of nitrogens with one attached hydrogen (secondary N) is 1. The minimum Gasteiger partial charge on any atom is -0.407 e. The Morgan fingerprint density at radius 2 is 2.04 bits per heavy atom. The van der Waals surface area contributed by atoms with Crippen LogP contribution in [0.25, 0.3) is 10.9 Å². The Kier molecular flexibility index (Phi) is 4.49. The van der Waals surface area contributed by atoms with Crippen LogP contribution in [-0.2, 0) is 11.3 Å². The molecular weight excluding hydrogens is 336 g/mol. The SMILES string of the molecule is OC(C1=CCN(CCc2c[nH]c3ccc(Cl)cc23)O1)c1ccccc1. The van der Waals surface area contributed by atoms with Crippen molar-refractivity contribution in [3.63, 3.8) is 0 Å². The fraction of sp³-hybridized carbons (Fsp3) is 0.200. The number of H-pyrrole nitrogens is 1. The minimum atomic E-state index is -0.724. The lowest BCUT2D eigenvalue weighted by molar-refractivity contribution is -0.108. The zero-order chi connectivity index (χ0) is 17.2. The minimum absolute atomic E-state index is 0.591.